The molecule has 0 aliphatic carbocycles. The number of anilines is 1. The van der Waals surface area contributed by atoms with E-state index in [-0.39, 0.29) is 18.7 Å². The molecule has 1 atom stereocenters. The Morgan fingerprint density at radius 2 is 2.09 bits per heavy atom. The molecule has 122 valence electrons. The Hall–Kier alpha value is -1.81. The van der Waals surface area contributed by atoms with Crippen molar-refractivity contribution in [3.8, 4) is 5.75 Å². The van der Waals surface area contributed by atoms with E-state index in [2.05, 4.69) is 4.74 Å². The number of hydrogen-bond acceptors (Lipinski definition) is 5. The number of amides is 1. The Morgan fingerprint density at radius 1 is 1.41 bits per heavy atom. The monoisotopic (exact) mass is 338 g/mol. The molecule has 0 saturated carbocycles. The second-order valence-electron chi connectivity index (χ2n) is 4.69. The highest BCUT2D eigenvalue weighted by molar-refractivity contribution is 7.85. The van der Waals surface area contributed by atoms with Gasteiger partial charge in [0.25, 0.3) is 0 Å². The first kappa shape index (κ1) is 16.6. The van der Waals surface area contributed by atoms with Crippen molar-refractivity contribution < 1.29 is 35.7 Å². The minimum Gasteiger partial charge on any atom is -0.748 e. The van der Waals surface area contributed by atoms with E-state index in [1.165, 1.54) is 6.07 Å². The second-order valence-corrected chi connectivity index (χ2v) is 6.14. The largest absolute Gasteiger partial charge is 0.748 e. The van der Waals surface area contributed by atoms with Crippen LogP contribution in [0.2, 0.25) is 0 Å². The normalized spacial score (nSPS) is 19.0. The van der Waals surface area contributed by atoms with Crippen LogP contribution in [0.5, 0.6) is 5.75 Å². The molecule has 1 saturated heterocycles. The van der Waals surface area contributed by atoms with Crippen LogP contribution in [-0.4, -0.2) is 37.8 Å². The van der Waals surface area contributed by atoms with Gasteiger partial charge in [0, 0.05) is 24.1 Å². The summed E-state index contributed by atoms with van der Waals surface area (Å²) in [5.74, 6) is -4.17. The minimum atomic E-state index is -4.55. The van der Waals surface area contributed by atoms with Gasteiger partial charge in [-0.25, -0.2) is 12.8 Å². The lowest BCUT2D eigenvalue weighted by Crippen LogP contribution is -2.29. The molecule has 1 aliphatic heterocycles. The summed E-state index contributed by atoms with van der Waals surface area (Å²) in [5.41, 5.74) is 0.0786. The molecule has 0 bridgehead atoms. The Labute approximate surface area is 124 Å². The first-order valence-electron chi connectivity index (χ1n) is 6.16. The summed E-state index contributed by atoms with van der Waals surface area (Å²) < 4.78 is 73.7. The van der Waals surface area contributed by atoms with Crippen molar-refractivity contribution in [2.75, 3.05) is 17.2 Å². The maximum Gasteiger partial charge on any atom is 0.387 e. The summed E-state index contributed by atoms with van der Waals surface area (Å²) in [7, 11) is -4.55. The summed E-state index contributed by atoms with van der Waals surface area (Å²) >= 11 is 0. The van der Waals surface area contributed by atoms with Gasteiger partial charge in [-0.15, -0.1) is 0 Å². The molecule has 0 aromatic heterocycles. The maximum atomic E-state index is 13.6. The van der Waals surface area contributed by atoms with E-state index in [1.807, 2.05) is 0 Å². The molecule has 0 N–H and O–H groups in total. The first-order valence-corrected chi connectivity index (χ1v) is 7.74. The molecule has 1 aromatic rings. The zero-order valence-electron chi connectivity index (χ0n) is 11.0. The van der Waals surface area contributed by atoms with Gasteiger partial charge in [-0.2, -0.15) is 8.78 Å². The molecule has 1 unspecified atom stereocenters. The van der Waals surface area contributed by atoms with Gasteiger partial charge in [-0.05, 0) is 18.6 Å². The number of halogens is 3. The zero-order chi connectivity index (χ0) is 16.5. The molecular weight excluding hydrogens is 327 g/mol. The van der Waals surface area contributed by atoms with Crippen molar-refractivity contribution in [2.24, 2.45) is 5.92 Å². The van der Waals surface area contributed by atoms with Crippen molar-refractivity contribution in [3.63, 3.8) is 0 Å². The van der Waals surface area contributed by atoms with Gasteiger partial charge in [-0.3, -0.25) is 4.79 Å². The van der Waals surface area contributed by atoms with E-state index in [1.54, 1.807) is 0 Å². The van der Waals surface area contributed by atoms with Crippen LogP contribution in [0.1, 0.15) is 6.42 Å². The third-order valence-corrected chi connectivity index (χ3v) is 3.98. The quantitative estimate of drug-likeness (QED) is 0.756. The van der Waals surface area contributed by atoms with Crippen molar-refractivity contribution in [3.05, 3.63) is 24.0 Å². The van der Waals surface area contributed by atoms with Crippen molar-refractivity contribution in [2.45, 2.75) is 13.0 Å². The number of ether oxygens (including phenoxy) is 1. The number of hydrogen-bond donors (Lipinski definition) is 0. The number of carbonyl (C=O) groups is 1. The Balaban J connectivity index is 2.16. The van der Waals surface area contributed by atoms with E-state index in [9.17, 15) is 30.9 Å². The molecule has 1 fully saturated rings. The number of rotatable bonds is 5. The third-order valence-electron chi connectivity index (χ3n) is 3.16. The summed E-state index contributed by atoms with van der Waals surface area (Å²) in [4.78, 5) is 13.1. The van der Waals surface area contributed by atoms with Gasteiger partial charge < -0.3 is 14.2 Å². The van der Waals surface area contributed by atoms with E-state index in [4.69, 9.17) is 0 Å². The standard InChI is InChI=1S/C12H12F3NO5S/c13-9-5-8(1-2-10(9)21-12(14)15)16-4-3-7(11(16)17)6-22(18,19)20/h1-2,5,7,12H,3-4,6H2,(H,18,19,20)/p-1. The van der Waals surface area contributed by atoms with Crippen LogP contribution < -0.4 is 9.64 Å². The second kappa shape index (κ2) is 6.13. The first-order chi connectivity index (χ1) is 10.2. The lowest BCUT2D eigenvalue weighted by Gasteiger charge is -2.18. The van der Waals surface area contributed by atoms with Crippen LogP contribution in [0, 0.1) is 11.7 Å². The fourth-order valence-electron chi connectivity index (χ4n) is 2.25. The van der Waals surface area contributed by atoms with Crippen LogP contribution >= 0.6 is 0 Å². The summed E-state index contributed by atoms with van der Waals surface area (Å²) in [5, 5.41) is 0. The van der Waals surface area contributed by atoms with Crippen LogP contribution in [-0.2, 0) is 14.9 Å². The Bertz CT molecular complexity index is 679. The van der Waals surface area contributed by atoms with Crippen molar-refractivity contribution in [1.82, 2.24) is 0 Å². The van der Waals surface area contributed by atoms with Crippen LogP contribution in [0.4, 0.5) is 18.9 Å². The fourth-order valence-corrected chi connectivity index (χ4v) is 3.05. The Kier molecular flexibility index (Phi) is 4.61. The van der Waals surface area contributed by atoms with E-state index < -0.39 is 45.9 Å². The smallest absolute Gasteiger partial charge is 0.387 e. The number of nitrogens with zero attached hydrogens (tertiary/aromatic N) is 1. The van der Waals surface area contributed by atoms with Crippen LogP contribution in [0.25, 0.3) is 0 Å². The Morgan fingerprint density at radius 3 is 2.64 bits per heavy atom. The molecule has 0 spiro atoms. The lowest BCUT2D eigenvalue weighted by molar-refractivity contribution is -0.119. The lowest BCUT2D eigenvalue weighted by atomic mass is 10.1. The highest BCUT2D eigenvalue weighted by atomic mass is 32.2. The predicted octanol–water partition coefficient (Wildman–Crippen LogP) is 1.33. The molecule has 6 nitrogen and oxygen atoms in total. The molecule has 1 heterocycles. The molecule has 2 rings (SSSR count). The highest BCUT2D eigenvalue weighted by Crippen LogP contribution is 2.30. The number of carbonyl (C=O) groups excluding carboxylic acids is 1. The van der Waals surface area contributed by atoms with Gasteiger partial charge in [-0.1, -0.05) is 0 Å². The van der Waals surface area contributed by atoms with Gasteiger partial charge >= 0.3 is 6.61 Å². The van der Waals surface area contributed by atoms with Crippen molar-refractivity contribution >= 4 is 21.7 Å². The van der Waals surface area contributed by atoms with Gasteiger partial charge in [0.15, 0.2) is 11.6 Å². The van der Waals surface area contributed by atoms with E-state index in [0.29, 0.717) is 0 Å². The maximum absolute atomic E-state index is 13.6. The third kappa shape index (κ3) is 3.89. The fraction of sp³-hybridized carbons (Fsp3) is 0.417. The minimum absolute atomic E-state index is 0.0786. The van der Waals surface area contributed by atoms with E-state index >= 15 is 0 Å². The zero-order valence-corrected chi connectivity index (χ0v) is 11.9. The summed E-state index contributed by atoms with van der Waals surface area (Å²) in [6, 6.07) is 2.98. The predicted molar refractivity (Wildman–Crippen MR) is 68.1 cm³/mol. The highest BCUT2D eigenvalue weighted by Gasteiger charge is 2.34. The molecule has 0 radical (unpaired) electrons. The summed E-state index contributed by atoms with van der Waals surface area (Å²) in [6.07, 6.45) is 0.136. The molecule has 1 amide bonds. The van der Waals surface area contributed by atoms with Gasteiger partial charge in [0.05, 0.1) is 16.0 Å². The molecule has 1 aliphatic rings. The molecule has 1 aromatic carbocycles. The topological polar surface area (TPSA) is 86.7 Å². The van der Waals surface area contributed by atoms with Crippen LogP contribution in [0.15, 0.2) is 18.2 Å². The van der Waals surface area contributed by atoms with Crippen molar-refractivity contribution in [1.29, 1.82) is 0 Å². The van der Waals surface area contributed by atoms with Gasteiger partial charge in [0.1, 0.15) is 0 Å². The average molecular weight is 338 g/mol. The van der Waals surface area contributed by atoms with E-state index in [0.717, 1.165) is 17.0 Å². The molecular formula is C12H11F3NO5S-. The number of benzene rings is 1. The van der Waals surface area contributed by atoms with Crippen LogP contribution in [0.3, 0.4) is 0 Å². The SMILES string of the molecule is O=C1C(CS(=O)(=O)[O-])CCN1c1ccc(OC(F)F)c(F)c1. The average Bonchev–Trinajstić information content (AvgIpc) is 2.71. The molecule has 22 heavy (non-hydrogen) atoms. The molecule has 10 heteroatoms. The number of alkyl halides is 2. The van der Waals surface area contributed by atoms with Gasteiger partial charge in [0.2, 0.25) is 5.91 Å². The summed E-state index contributed by atoms with van der Waals surface area (Å²) in [6.45, 7) is -3.08.